The van der Waals surface area contributed by atoms with E-state index in [1.807, 2.05) is 0 Å². The molecule has 1 unspecified atom stereocenters. The van der Waals surface area contributed by atoms with E-state index < -0.39 is 17.6 Å². The fourth-order valence-corrected chi connectivity index (χ4v) is 1.64. The van der Waals surface area contributed by atoms with Gasteiger partial charge in [0.15, 0.2) is 11.6 Å². The SMILES string of the molecule is COCC(N)C(=O)c1ccc(Br)c(Cl)c1F. The summed E-state index contributed by atoms with van der Waals surface area (Å²) < 4.78 is 18.8. The van der Waals surface area contributed by atoms with Crippen LogP contribution >= 0.6 is 27.5 Å². The van der Waals surface area contributed by atoms with Crippen molar-refractivity contribution in [2.45, 2.75) is 6.04 Å². The molecular formula is C10H10BrClFNO2. The van der Waals surface area contributed by atoms with E-state index >= 15 is 0 Å². The molecule has 0 aliphatic heterocycles. The number of hydrogen-bond donors (Lipinski definition) is 1. The maximum absolute atomic E-state index is 13.6. The van der Waals surface area contributed by atoms with Crippen molar-refractivity contribution in [1.82, 2.24) is 0 Å². The van der Waals surface area contributed by atoms with E-state index in [0.717, 1.165) is 0 Å². The Balaban J connectivity index is 3.05. The van der Waals surface area contributed by atoms with Gasteiger partial charge in [0.05, 0.1) is 23.2 Å². The van der Waals surface area contributed by atoms with Crippen LogP contribution in [0.25, 0.3) is 0 Å². The Kier molecular flexibility index (Phi) is 4.86. The Hall–Kier alpha value is -0.490. The average molecular weight is 311 g/mol. The van der Waals surface area contributed by atoms with Gasteiger partial charge in [0.1, 0.15) is 0 Å². The summed E-state index contributed by atoms with van der Waals surface area (Å²) in [6.45, 7) is 0.0337. The summed E-state index contributed by atoms with van der Waals surface area (Å²) in [5.41, 5.74) is 5.39. The zero-order valence-corrected chi connectivity index (χ0v) is 10.8. The van der Waals surface area contributed by atoms with Crippen LogP contribution in [0.1, 0.15) is 10.4 Å². The number of methoxy groups -OCH3 is 1. The largest absolute Gasteiger partial charge is 0.383 e. The van der Waals surface area contributed by atoms with Gasteiger partial charge in [-0.1, -0.05) is 11.6 Å². The second-order valence-corrected chi connectivity index (χ2v) is 4.38. The van der Waals surface area contributed by atoms with E-state index in [9.17, 15) is 9.18 Å². The molecule has 16 heavy (non-hydrogen) atoms. The standard InChI is InChI=1S/C10H10BrClFNO2/c1-16-4-7(14)10(15)5-2-3-6(11)8(12)9(5)13/h2-3,7H,4,14H2,1H3. The average Bonchev–Trinajstić information content (AvgIpc) is 2.26. The minimum Gasteiger partial charge on any atom is -0.383 e. The van der Waals surface area contributed by atoms with E-state index in [4.69, 9.17) is 22.1 Å². The van der Waals surface area contributed by atoms with Crippen LogP contribution in [0.2, 0.25) is 5.02 Å². The highest BCUT2D eigenvalue weighted by atomic mass is 79.9. The molecule has 0 amide bonds. The maximum atomic E-state index is 13.6. The van der Waals surface area contributed by atoms with Crippen LogP contribution in [0.3, 0.4) is 0 Å². The van der Waals surface area contributed by atoms with Crippen molar-refractivity contribution in [2.24, 2.45) is 5.73 Å². The summed E-state index contributed by atoms with van der Waals surface area (Å²) in [7, 11) is 1.41. The lowest BCUT2D eigenvalue weighted by Gasteiger charge is -2.11. The smallest absolute Gasteiger partial charge is 0.184 e. The maximum Gasteiger partial charge on any atom is 0.184 e. The Morgan fingerprint density at radius 2 is 2.31 bits per heavy atom. The first-order valence-corrected chi connectivity index (χ1v) is 5.58. The molecule has 0 aliphatic rings. The molecule has 1 aromatic rings. The predicted molar refractivity (Wildman–Crippen MR) is 63.3 cm³/mol. The lowest BCUT2D eigenvalue weighted by Crippen LogP contribution is -2.35. The van der Waals surface area contributed by atoms with E-state index in [2.05, 4.69) is 15.9 Å². The first-order chi connectivity index (χ1) is 7.49. The van der Waals surface area contributed by atoms with Crippen molar-refractivity contribution >= 4 is 33.3 Å². The van der Waals surface area contributed by atoms with E-state index in [0.29, 0.717) is 4.47 Å². The fourth-order valence-electron chi connectivity index (χ4n) is 1.17. The molecule has 88 valence electrons. The normalized spacial score (nSPS) is 12.6. The van der Waals surface area contributed by atoms with Gasteiger partial charge < -0.3 is 10.5 Å². The molecule has 0 saturated heterocycles. The van der Waals surface area contributed by atoms with Crippen LogP contribution in [0.4, 0.5) is 4.39 Å². The van der Waals surface area contributed by atoms with Crippen LogP contribution in [-0.4, -0.2) is 25.5 Å². The predicted octanol–water partition coefficient (Wildman–Crippen LogP) is 2.40. The Morgan fingerprint density at radius 1 is 1.69 bits per heavy atom. The first kappa shape index (κ1) is 13.6. The van der Waals surface area contributed by atoms with E-state index in [-0.39, 0.29) is 17.2 Å². The van der Waals surface area contributed by atoms with Crippen LogP contribution in [-0.2, 0) is 4.74 Å². The number of carbonyl (C=O) groups is 1. The summed E-state index contributed by atoms with van der Waals surface area (Å²) in [4.78, 5) is 11.7. The lowest BCUT2D eigenvalue weighted by atomic mass is 10.0. The summed E-state index contributed by atoms with van der Waals surface area (Å²) in [6, 6.07) is 1.94. The lowest BCUT2D eigenvalue weighted by molar-refractivity contribution is 0.0888. The van der Waals surface area contributed by atoms with Gasteiger partial charge >= 0.3 is 0 Å². The monoisotopic (exact) mass is 309 g/mol. The molecule has 6 heteroatoms. The number of rotatable bonds is 4. The third kappa shape index (κ3) is 2.79. The van der Waals surface area contributed by atoms with Crippen molar-refractivity contribution in [2.75, 3.05) is 13.7 Å². The van der Waals surface area contributed by atoms with Gasteiger partial charge in [-0.15, -0.1) is 0 Å². The van der Waals surface area contributed by atoms with Crippen molar-refractivity contribution in [3.63, 3.8) is 0 Å². The van der Waals surface area contributed by atoms with Gasteiger partial charge in [0, 0.05) is 11.6 Å². The molecule has 1 aromatic carbocycles. The summed E-state index contributed by atoms with van der Waals surface area (Å²) in [5.74, 6) is -1.30. The topological polar surface area (TPSA) is 52.3 Å². The van der Waals surface area contributed by atoms with E-state index in [1.54, 1.807) is 0 Å². The molecule has 0 fully saturated rings. The number of ketones is 1. The van der Waals surface area contributed by atoms with Crippen LogP contribution < -0.4 is 5.73 Å². The second kappa shape index (κ2) is 5.72. The zero-order chi connectivity index (χ0) is 12.3. The van der Waals surface area contributed by atoms with Crippen molar-refractivity contribution < 1.29 is 13.9 Å². The number of benzene rings is 1. The molecule has 0 aromatic heterocycles. The van der Waals surface area contributed by atoms with Gasteiger partial charge in [-0.05, 0) is 28.1 Å². The third-order valence-electron chi connectivity index (χ3n) is 1.98. The molecule has 0 aliphatic carbocycles. The van der Waals surface area contributed by atoms with Gasteiger partial charge in [0.2, 0.25) is 0 Å². The quantitative estimate of drug-likeness (QED) is 0.686. The number of ether oxygens (including phenoxy) is 1. The van der Waals surface area contributed by atoms with Gasteiger partial charge in [-0.25, -0.2) is 4.39 Å². The molecule has 0 radical (unpaired) electrons. The van der Waals surface area contributed by atoms with Crippen molar-refractivity contribution in [1.29, 1.82) is 0 Å². The molecule has 2 N–H and O–H groups in total. The minimum absolute atomic E-state index is 0.0337. The summed E-state index contributed by atoms with van der Waals surface area (Å²) in [6.07, 6.45) is 0. The molecule has 1 rings (SSSR count). The highest BCUT2D eigenvalue weighted by Gasteiger charge is 2.21. The molecule has 3 nitrogen and oxygen atoms in total. The number of carbonyl (C=O) groups excluding carboxylic acids is 1. The minimum atomic E-state index is -0.892. The van der Waals surface area contributed by atoms with Crippen molar-refractivity contribution in [3.8, 4) is 0 Å². The van der Waals surface area contributed by atoms with Gasteiger partial charge in [0.25, 0.3) is 0 Å². The third-order valence-corrected chi connectivity index (χ3v) is 3.24. The molecule has 1 atom stereocenters. The Morgan fingerprint density at radius 3 is 2.88 bits per heavy atom. The van der Waals surface area contributed by atoms with E-state index in [1.165, 1.54) is 19.2 Å². The van der Waals surface area contributed by atoms with Crippen molar-refractivity contribution in [3.05, 3.63) is 33.0 Å². The number of halogens is 3. The Bertz CT molecular complexity index is 414. The highest BCUT2D eigenvalue weighted by Crippen LogP contribution is 2.27. The molecule has 0 spiro atoms. The van der Waals surface area contributed by atoms with Crippen LogP contribution in [0.5, 0.6) is 0 Å². The molecule has 0 bridgehead atoms. The second-order valence-electron chi connectivity index (χ2n) is 3.15. The van der Waals surface area contributed by atoms with Crippen LogP contribution in [0, 0.1) is 5.82 Å². The summed E-state index contributed by atoms with van der Waals surface area (Å²) >= 11 is 8.72. The zero-order valence-electron chi connectivity index (χ0n) is 8.47. The van der Waals surface area contributed by atoms with Crippen LogP contribution in [0.15, 0.2) is 16.6 Å². The number of nitrogens with two attached hydrogens (primary N) is 1. The molecular weight excluding hydrogens is 300 g/mol. The molecule has 0 heterocycles. The van der Waals surface area contributed by atoms with Gasteiger partial charge in [-0.3, -0.25) is 4.79 Å². The van der Waals surface area contributed by atoms with Gasteiger partial charge in [-0.2, -0.15) is 0 Å². The highest BCUT2D eigenvalue weighted by molar-refractivity contribution is 9.10. The number of hydrogen-bond acceptors (Lipinski definition) is 3. The molecule has 0 saturated carbocycles. The number of Topliss-reactive ketones (excluding diaryl/α,β-unsaturated/α-hetero) is 1. The first-order valence-electron chi connectivity index (χ1n) is 4.41. The fraction of sp³-hybridized carbons (Fsp3) is 0.300. The summed E-state index contributed by atoms with van der Waals surface area (Å²) in [5, 5.41) is -0.129. The Labute approximate surface area is 106 Å².